The van der Waals surface area contributed by atoms with E-state index in [1.807, 2.05) is 6.07 Å². The highest BCUT2D eigenvalue weighted by Gasteiger charge is 2.41. The molecular weight excluding hydrogens is 282 g/mol. The Morgan fingerprint density at radius 1 is 1.40 bits per heavy atom. The van der Waals surface area contributed by atoms with E-state index in [-0.39, 0.29) is 11.4 Å². The van der Waals surface area contributed by atoms with Crippen LogP contribution >= 0.6 is 0 Å². The molecular formula is C13H15NO5S. The molecule has 6 nitrogen and oxygen atoms in total. The molecule has 1 atom stereocenters. The lowest BCUT2D eigenvalue weighted by atomic mass is 10.2. The van der Waals surface area contributed by atoms with E-state index < -0.39 is 22.0 Å². The Hall–Kier alpha value is -1.60. The summed E-state index contributed by atoms with van der Waals surface area (Å²) in [5.74, 6) is -0.719. The molecule has 0 aromatic heterocycles. The first-order valence-electron chi connectivity index (χ1n) is 6.51. The van der Waals surface area contributed by atoms with Gasteiger partial charge < -0.3 is 9.84 Å². The number of carboxylic acids is 1. The van der Waals surface area contributed by atoms with Crippen LogP contribution in [-0.2, 0) is 21.2 Å². The lowest BCUT2D eigenvalue weighted by molar-refractivity contribution is -0.140. The van der Waals surface area contributed by atoms with Crippen LogP contribution in [0.2, 0.25) is 0 Å². The van der Waals surface area contributed by atoms with Gasteiger partial charge >= 0.3 is 5.97 Å². The minimum absolute atomic E-state index is 0.0839. The smallest absolute Gasteiger partial charge is 0.322 e. The molecule has 3 rings (SSSR count). The minimum atomic E-state index is -3.83. The molecule has 1 saturated heterocycles. The third-order valence-electron chi connectivity index (χ3n) is 3.75. The van der Waals surface area contributed by atoms with Gasteiger partial charge in [-0.2, -0.15) is 4.31 Å². The lowest BCUT2D eigenvalue weighted by Crippen LogP contribution is -2.40. The van der Waals surface area contributed by atoms with Gasteiger partial charge in [-0.25, -0.2) is 8.42 Å². The fourth-order valence-corrected chi connectivity index (χ4v) is 4.62. The van der Waals surface area contributed by atoms with E-state index >= 15 is 0 Å². The molecule has 0 bridgehead atoms. The maximum absolute atomic E-state index is 12.7. The molecule has 0 aliphatic carbocycles. The largest absolute Gasteiger partial charge is 0.492 e. The number of carboxylic acid groups (broad SMARTS) is 1. The Balaban J connectivity index is 2.05. The van der Waals surface area contributed by atoms with Crippen LogP contribution in [0.5, 0.6) is 5.75 Å². The van der Waals surface area contributed by atoms with Gasteiger partial charge in [0.15, 0.2) is 0 Å². The van der Waals surface area contributed by atoms with E-state index in [4.69, 9.17) is 9.84 Å². The quantitative estimate of drug-likeness (QED) is 0.894. The summed E-state index contributed by atoms with van der Waals surface area (Å²) >= 11 is 0. The van der Waals surface area contributed by atoms with E-state index in [1.165, 1.54) is 6.07 Å². The van der Waals surface area contributed by atoms with E-state index in [2.05, 4.69) is 0 Å². The monoisotopic (exact) mass is 297 g/mol. The van der Waals surface area contributed by atoms with E-state index in [0.717, 1.165) is 9.87 Å². The molecule has 2 aliphatic rings. The second-order valence-electron chi connectivity index (χ2n) is 4.95. The van der Waals surface area contributed by atoms with Crippen molar-refractivity contribution < 1.29 is 23.1 Å². The van der Waals surface area contributed by atoms with Gasteiger partial charge in [0.1, 0.15) is 16.7 Å². The summed E-state index contributed by atoms with van der Waals surface area (Å²) in [6, 6.07) is 4.01. The Morgan fingerprint density at radius 3 is 2.95 bits per heavy atom. The maximum atomic E-state index is 12.7. The van der Waals surface area contributed by atoms with Crippen LogP contribution in [0.1, 0.15) is 18.4 Å². The third kappa shape index (κ3) is 1.97. The van der Waals surface area contributed by atoms with Gasteiger partial charge in [0.2, 0.25) is 10.0 Å². The molecule has 1 fully saturated rings. The van der Waals surface area contributed by atoms with Crippen LogP contribution in [0.15, 0.2) is 23.1 Å². The highest BCUT2D eigenvalue weighted by molar-refractivity contribution is 7.89. The minimum Gasteiger partial charge on any atom is -0.492 e. The molecule has 0 saturated carbocycles. The number of rotatable bonds is 3. The molecule has 2 aliphatic heterocycles. The van der Waals surface area contributed by atoms with Gasteiger partial charge in [0, 0.05) is 13.0 Å². The fourth-order valence-electron chi connectivity index (χ4n) is 2.79. The predicted molar refractivity (Wildman–Crippen MR) is 70.2 cm³/mol. The highest BCUT2D eigenvalue weighted by Crippen LogP contribution is 2.36. The zero-order valence-corrected chi connectivity index (χ0v) is 11.6. The van der Waals surface area contributed by atoms with Gasteiger partial charge in [-0.3, -0.25) is 4.79 Å². The second-order valence-corrected chi connectivity index (χ2v) is 6.81. The first-order valence-corrected chi connectivity index (χ1v) is 7.95. The Morgan fingerprint density at radius 2 is 2.20 bits per heavy atom. The summed E-state index contributed by atoms with van der Waals surface area (Å²) in [4.78, 5) is 11.3. The van der Waals surface area contributed by atoms with E-state index in [9.17, 15) is 13.2 Å². The summed E-state index contributed by atoms with van der Waals surface area (Å²) in [7, 11) is -3.83. The van der Waals surface area contributed by atoms with Crippen molar-refractivity contribution in [3.8, 4) is 5.75 Å². The zero-order chi connectivity index (χ0) is 14.3. The summed E-state index contributed by atoms with van der Waals surface area (Å²) in [5.41, 5.74) is 0.858. The van der Waals surface area contributed by atoms with Crippen LogP contribution in [-0.4, -0.2) is 43.0 Å². The van der Waals surface area contributed by atoms with Crippen LogP contribution < -0.4 is 4.74 Å². The van der Waals surface area contributed by atoms with Crippen LogP contribution in [0.3, 0.4) is 0 Å². The average molecular weight is 297 g/mol. The number of para-hydroxylation sites is 1. The Labute approximate surface area is 117 Å². The molecule has 2 heterocycles. The molecule has 1 N–H and O–H groups in total. The number of carbonyl (C=O) groups is 1. The van der Waals surface area contributed by atoms with Crippen molar-refractivity contribution in [2.75, 3.05) is 13.2 Å². The van der Waals surface area contributed by atoms with E-state index in [1.54, 1.807) is 6.07 Å². The lowest BCUT2D eigenvalue weighted by Gasteiger charge is -2.22. The van der Waals surface area contributed by atoms with Crippen molar-refractivity contribution in [2.45, 2.75) is 30.2 Å². The maximum Gasteiger partial charge on any atom is 0.322 e. The van der Waals surface area contributed by atoms with Crippen molar-refractivity contribution in [1.82, 2.24) is 4.31 Å². The number of fused-ring (bicyclic) bond motifs is 1. The summed E-state index contributed by atoms with van der Waals surface area (Å²) in [6.07, 6.45) is 1.59. The summed E-state index contributed by atoms with van der Waals surface area (Å²) in [5, 5.41) is 9.15. The van der Waals surface area contributed by atoms with Gasteiger partial charge in [-0.1, -0.05) is 12.1 Å². The number of hydrogen-bond acceptors (Lipinski definition) is 4. The first kappa shape index (κ1) is 13.4. The van der Waals surface area contributed by atoms with Crippen LogP contribution in [0.4, 0.5) is 0 Å². The van der Waals surface area contributed by atoms with Crippen molar-refractivity contribution >= 4 is 16.0 Å². The second kappa shape index (κ2) is 4.75. The van der Waals surface area contributed by atoms with Gasteiger partial charge in [0.05, 0.1) is 6.61 Å². The van der Waals surface area contributed by atoms with E-state index in [0.29, 0.717) is 31.6 Å². The van der Waals surface area contributed by atoms with Gasteiger partial charge in [-0.15, -0.1) is 0 Å². The van der Waals surface area contributed by atoms with Crippen molar-refractivity contribution in [3.05, 3.63) is 23.8 Å². The Bertz CT molecular complexity index is 655. The number of benzene rings is 1. The van der Waals surface area contributed by atoms with Gasteiger partial charge in [0.25, 0.3) is 0 Å². The third-order valence-corrected chi connectivity index (χ3v) is 5.69. The summed E-state index contributed by atoms with van der Waals surface area (Å²) < 4.78 is 31.9. The molecule has 7 heteroatoms. The van der Waals surface area contributed by atoms with Crippen LogP contribution in [0, 0.1) is 0 Å². The Kier molecular flexibility index (Phi) is 3.18. The molecule has 0 spiro atoms. The van der Waals surface area contributed by atoms with Crippen LogP contribution in [0.25, 0.3) is 0 Å². The molecule has 0 radical (unpaired) electrons. The predicted octanol–water partition coefficient (Wildman–Crippen LogP) is 0.859. The normalized spacial score (nSPS) is 22.5. The van der Waals surface area contributed by atoms with Crippen molar-refractivity contribution in [2.24, 2.45) is 0 Å². The number of ether oxygens (including phenoxy) is 1. The topological polar surface area (TPSA) is 83.9 Å². The molecule has 1 unspecified atom stereocenters. The standard InChI is InChI=1S/C13H15NO5S/c15-13(16)10-4-2-7-14(10)20(17,18)11-5-1-3-9-6-8-19-12(9)11/h1,3,5,10H,2,4,6-8H2,(H,15,16). The molecule has 1 aromatic rings. The molecule has 108 valence electrons. The highest BCUT2D eigenvalue weighted by atomic mass is 32.2. The molecule has 20 heavy (non-hydrogen) atoms. The zero-order valence-electron chi connectivity index (χ0n) is 10.8. The number of sulfonamides is 1. The van der Waals surface area contributed by atoms with Crippen molar-refractivity contribution in [3.63, 3.8) is 0 Å². The SMILES string of the molecule is O=C(O)C1CCCN1S(=O)(=O)c1cccc2c1OCC2. The molecule has 1 aromatic carbocycles. The summed E-state index contributed by atoms with van der Waals surface area (Å²) in [6.45, 7) is 0.702. The number of nitrogens with zero attached hydrogens (tertiary/aromatic N) is 1. The average Bonchev–Trinajstić information content (AvgIpc) is 3.06. The molecule has 0 amide bonds. The fraction of sp³-hybridized carbons (Fsp3) is 0.462. The number of aliphatic carboxylic acids is 1. The van der Waals surface area contributed by atoms with Crippen molar-refractivity contribution in [1.29, 1.82) is 0 Å². The first-order chi connectivity index (χ1) is 9.51. The van der Waals surface area contributed by atoms with Gasteiger partial charge in [-0.05, 0) is 24.5 Å². The number of hydrogen-bond donors (Lipinski definition) is 1.